The Labute approximate surface area is 155 Å². The Hall–Kier alpha value is -2.93. The summed E-state index contributed by atoms with van der Waals surface area (Å²) in [5.41, 5.74) is 3.25. The molecule has 7 heteroatoms. The van der Waals surface area contributed by atoms with Crippen LogP contribution in [0, 0.1) is 6.92 Å². The van der Waals surface area contributed by atoms with Crippen LogP contribution in [0.4, 0.5) is 5.69 Å². The van der Waals surface area contributed by atoms with Crippen molar-refractivity contribution in [3.8, 4) is 11.4 Å². The second-order valence-electron chi connectivity index (χ2n) is 5.81. The number of H-pyrrole nitrogens is 1. The van der Waals surface area contributed by atoms with Crippen LogP contribution in [0.5, 0.6) is 0 Å². The minimum Gasteiger partial charge on any atom is -0.325 e. The minimum absolute atomic E-state index is 0.0418. The van der Waals surface area contributed by atoms with E-state index in [1.54, 1.807) is 24.3 Å². The number of Topliss-reactive ketones (excluding diaryl/α,β-unsaturated/α-hetero) is 1. The van der Waals surface area contributed by atoms with E-state index in [9.17, 15) is 9.59 Å². The van der Waals surface area contributed by atoms with Crippen molar-refractivity contribution < 1.29 is 9.59 Å². The topological polar surface area (TPSA) is 87.7 Å². The molecule has 6 nitrogen and oxygen atoms in total. The molecule has 1 amide bonds. The largest absolute Gasteiger partial charge is 0.325 e. The molecule has 3 aromatic rings. The van der Waals surface area contributed by atoms with Crippen LogP contribution < -0.4 is 5.32 Å². The molecule has 2 aromatic carbocycles. The van der Waals surface area contributed by atoms with E-state index in [4.69, 9.17) is 0 Å². The summed E-state index contributed by atoms with van der Waals surface area (Å²) in [5.74, 6) is 0.623. The molecule has 0 spiro atoms. The molecule has 0 saturated heterocycles. The van der Waals surface area contributed by atoms with Crippen molar-refractivity contribution in [3.63, 3.8) is 0 Å². The number of amides is 1. The van der Waals surface area contributed by atoms with Crippen LogP contribution in [0.2, 0.25) is 0 Å². The molecule has 1 aromatic heterocycles. The summed E-state index contributed by atoms with van der Waals surface area (Å²) >= 11 is 1.25. The Morgan fingerprint density at radius 2 is 1.96 bits per heavy atom. The molecule has 0 aliphatic rings. The van der Waals surface area contributed by atoms with Gasteiger partial charge in [0.25, 0.3) is 0 Å². The molecule has 0 atom stereocenters. The van der Waals surface area contributed by atoms with E-state index in [1.165, 1.54) is 18.7 Å². The van der Waals surface area contributed by atoms with Crippen LogP contribution in [0.1, 0.15) is 22.8 Å². The molecule has 0 bridgehead atoms. The van der Waals surface area contributed by atoms with Crippen LogP contribution in [0.15, 0.2) is 53.7 Å². The Kier molecular flexibility index (Phi) is 5.48. The van der Waals surface area contributed by atoms with Crippen molar-refractivity contribution >= 4 is 29.1 Å². The van der Waals surface area contributed by atoms with E-state index >= 15 is 0 Å². The first-order valence-corrected chi connectivity index (χ1v) is 9.03. The number of hydrogen-bond acceptors (Lipinski definition) is 5. The number of aryl methyl sites for hydroxylation is 1. The van der Waals surface area contributed by atoms with E-state index in [2.05, 4.69) is 20.5 Å². The fraction of sp³-hybridized carbons (Fsp3) is 0.158. The smallest absolute Gasteiger partial charge is 0.234 e. The van der Waals surface area contributed by atoms with Gasteiger partial charge in [-0.05, 0) is 32.0 Å². The van der Waals surface area contributed by atoms with Gasteiger partial charge in [0.15, 0.2) is 11.6 Å². The summed E-state index contributed by atoms with van der Waals surface area (Å²) in [6.45, 7) is 3.51. The first-order valence-electron chi connectivity index (χ1n) is 8.04. The zero-order valence-electron chi connectivity index (χ0n) is 14.4. The average Bonchev–Trinajstić information content (AvgIpc) is 3.09. The van der Waals surface area contributed by atoms with Gasteiger partial charge in [-0.3, -0.25) is 14.7 Å². The summed E-state index contributed by atoms with van der Waals surface area (Å²) in [5, 5.41) is 10.3. The molecule has 0 unspecified atom stereocenters. The van der Waals surface area contributed by atoms with Gasteiger partial charge in [0.2, 0.25) is 11.1 Å². The molecule has 0 fully saturated rings. The van der Waals surface area contributed by atoms with Crippen molar-refractivity contribution in [1.82, 2.24) is 15.2 Å². The maximum absolute atomic E-state index is 12.1. The van der Waals surface area contributed by atoms with Crippen LogP contribution in [0.25, 0.3) is 11.4 Å². The lowest BCUT2D eigenvalue weighted by Crippen LogP contribution is -2.14. The number of thioether (sulfide) groups is 1. The van der Waals surface area contributed by atoms with Gasteiger partial charge in [0.05, 0.1) is 5.75 Å². The predicted molar refractivity (Wildman–Crippen MR) is 102 cm³/mol. The summed E-state index contributed by atoms with van der Waals surface area (Å²) in [4.78, 5) is 27.9. The number of carbonyl (C=O) groups is 2. The number of carbonyl (C=O) groups excluding carboxylic acids is 2. The third kappa shape index (κ3) is 4.58. The van der Waals surface area contributed by atoms with E-state index in [-0.39, 0.29) is 17.4 Å². The van der Waals surface area contributed by atoms with E-state index in [0.717, 1.165) is 11.1 Å². The van der Waals surface area contributed by atoms with Gasteiger partial charge < -0.3 is 5.32 Å². The second kappa shape index (κ2) is 7.97. The molecule has 26 heavy (non-hydrogen) atoms. The van der Waals surface area contributed by atoms with Gasteiger partial charge in [-0.2, -0.15) is 0 Å². The van der Waals surface area contributed by atoms with Gasteiger partial charge in [-0.25, -0.2) is 4.98 Å². The Morgan fingerprint density at radius 3 is 2.73 bits per heavy atom. The van der Waals surface area contributed by atoms with Gasteiger partial charge >= 0.3 is 0 Å². The maximum Gasteiger partial charge on any atom is 0.234 e. The van der Waals surface area contributed by atoms with Crippen LogP contribution in [-0.4, -0.2) is 32.6 Å². The molecular weight excluding hydrogens is 348 g/mol. The summed E-state index contributed by atoms with van der Waals surface area (Å²) < 4.78 is 0. The highest BCUT2D eigenvalue weighted by molar-refractivity contribution is 7.99. The molecule has 132 valence electrons. The number of rotatable bonds is 6. The van der Waals surface area contributed by atoms with Gasteiger partial charge in [0.1, 0.15) is 0 Å². The second-order valence-corrected chi connectivity index (χ2v) is 6.75. The lowest BCUT2D eigenvalue weighted by Gasteiger charge is -2.05. The summed E-state index contributed by atoms with van der Waals surface area (Å²) in [7, 11) is 0. The molecule has 1 heterocycles. The Bertz CT molecular complexity index is 952. The maximum atomic E-state index is 12.1. The number of aromatic nitrogens is 3. The monoisotopic (exact) mass is 366 g/mol. The van der Waals surface area contributed by atoms with Gasteiger partial charge in [-0.15, -0.1) is 5.10 Å². The van der Waals surface area contributed by atoms with Crippen molar-refractivity contribution in [2.24, 2.45) is 0 Å². The highest BCUT2D eigenvalue weighted by Crippen LogP contribution is 2.20. The van der Waals surface area contributed by atoms with Crippen molar-refractivity contribution in [2.75, 3.05) is 11.1 Å². The van der Waals surface area contributed by atoms with Crippen molar-refractivity contribution in [2.45, 2.75) is 19.0 Å². The predicted octanol–water partition coefficient (Wildman–Crippen LogP) is 3.71. The number of anilines is 1. The lowest BCUT2D eigenvalue weighted by molar-refractivity contribution is -0.113. The first kappa shape index (κ1) is 17.9. The number of aromatic amines is 1. The van der Waals surface area contributed by atoms with E-state index in [0.29, 0.717) is 22.2 Å². The Morgan fingerprint density at radius 1 is 1.15 bits per heavy atom. The number of benzene rings is 2. The molecule has 0 aliphatic heterocycles. The summed E-state index contributed by atoms with van der Waals surface area (Å²) in [6.07, 6.45) is 0. The summed E-state index contributed by atoms with van der Waals surface area (Å²) in [6, 6.07) is 14.8. The molecule has 2 N–H and O–H groups in total. The van der Waals surface area contributed by atoms with Crippen LogP contribution >= 0.6 is 11.8 Å². The molecule has 0 radical (unpaired) electrons. The SMILES string of the molecule is CC(=O)c1cccc(NC(=O)CSc2n[nH]c(-c3cccc(C)c3)n2)c1. The number of nitrogens with one attached hydrogen (secondary N) is 2. The average molecular weight is 366 g/mol. The zero-order valence-corrected chi connectivity index (χ0v) is 15.3. The highest BCUT2D eigenvalue weighted by Gasteiger charge is 2.10. The first-order chi connectivity index (χ1) is 12.5. The lowest BCUT2D eigenvalue weighted by atomic mass is 10.1. The Balaban J connectivity index is 1.58. The third-order valence-corrected chi connectivity index (χ3v) is 4.49. The number of ketones is 1. The minimum atomic E-state index is -0.183. The van der Waals surface area contributed by atoms with Gasteiger partial charge in [-0.1, -0.05) is 47.7 Å². The van der Waals surface area contributed by atoms with E-state index < -0.39 is 0 Å². The zero-order chi connectivity index (χ0) is 18.5. The number of hydrogen-bond donors (Lipinski definition) is 2. The third-order valence-electron chi connectivity index (χ3n) is 3.64. The quantitative estimate of drug-likeness (QED) is 0.513. The van der Waals surface area contributed by atoms with Crippen LogP contribution in [0.3, 0.4) is 0 Å². The molecule has 0 saturated carbocycles. The van der Waals surface area contributed by atoms with Crippen molar-refractivity contribution in [1.29, 1.82) is 0 Å². The molecule has 0 aliphatic carbocycles. The fourth-order valence-corrected chi connectivity index (χ4v) is 2.97. The number of nitrogens with zero attached hydrogens (tertiary/aromatic N) is 2. The van der Waals surface area contributed by atoms with Crippen LogP contribution in [-0.2, 0) is 4.79 Å². The fourth-order valence-electron chi connectivity index (χ4n) is 2.38. The van der Waals surface area contributed by atoms with E-state index in [1.807, 2.05) is 31.2 Å². The molecule has 3 rings (SSSR count). The normalized spacial score (nSPS) is 10.5. The standard InChI is InChI=1S/C19H18N4O2S/c1-12-5-3-7-15(9-12)18-21-19(23-22-18)26-11-17(25)20-16-8-4-6-14(10-16)13(2)24/h3-10H,11H2,1-2H3,(H,20,25)(H,21,22,23). The molecular formula is C19H18N4O2S. The van der Waals surface area contributed by atoms with Gasteiger partial charge in [0, 0.05) is 16.8 Å². The highest BCUT2D eigenvalue weighted by atomic mass is 32.2. The van der Waals surface area contributed by atoms with Crippen molar-refractivity contribution in [3.05, 3.63) is 59.7 Å².